The fourth-order valence-corrected chi connectivity index (χ4v) is 1.69. The highest BCUT2D eigenvalue weighted by Crippen LogP contribution is 2.19. The summed E-state index contributed by atoms with van der Waals surface area (Å²) in [6, 6.07) is 7.40. The molecular formula is C11H10ClN3O2. The number of nitrogens with one attached hydrogen (secondary N) is 1. The predicted octanol–water partition coefficient (Wildman–Crippen LogP) is 0.821. The molecule has 0 saturated carbocycles. The number of aromatic amines is 1. The molecule has 0 aliphatic rings. The number of hydrogen-bond acceptors (Lipinski definition) is 3. The van der Waals surface area contributed by atoms with Gasteiger partial charge in [0.25, 0.3) is 11.1 Å². The first-order valence-corrected chi connectivity index (χ1v) is 5.28. The fourth-order valence-electron chi connectivity index (χ4n) is 1.44. The highest BCUT2D eigenvalue weighted by molar-refractivity contribution is 6.31. The first kappa shape index (κ1) is 11.5. The average Bonchev–Trinajstić information content (AvgIpc) is 2.27. The van der Waals surface area contributed by atoms with Crippen LogP contribution >= 0.6 is 11.6 Å². The van der Waals surface area contributed by atoms with Crippen LogP contribution in [0.25, 0.3) is 0 Å². The lowest BCUT2D eigenvalue weighted by atomic mass is 10.2. The van der Waals surface area contributed by atoms with Crippen LogP contribution in [0, 0.1) is 0 Å². The maximum absolute atomic E-state index is 11.5. The monoisotopic (exact) mass is 251 g/mol. The van der Waals surface area contributed by atoms with Crippen LogP contribution in [0.5, 0.6) is 0 Å². The number of H-pyrrole nitrogens is 1. The van der Waals surface area contributed by atoms with E-state index in [-0.39, 0.29) is 17.7 Å². The van der Waals surface area contributed by atoms with Crippen LogP contribution in [0.1, 0.15) is 5.56 Å². The summed E-state index contributed by atoms with van der Waals surface area (Å²) < 4.78 is 1.19. The molecule has 0 aliphatic carbocycles. The number of nitrogens with two attached hydrogens (primary N) is 1. The van der Waals surface area contributed by atoms with Gasteiger partial charge < -0.3 is 5.73 Å². The summed E-state index contributed by atoms with van der Waals surface area (Å²) in [5, 5.41) is 2.88. The zero-order valence-corrected chi connectivity index (χ0v) is 9.57. The van der Waals surface area contributed by atoms with E-state index in [9.17, 15) is 9.59 Å². The van der Waals surface area contributed by atoms with Gasteiger partial charge in [0.05, 0.1) is 6.54 Å². The zero-order chi connectivity index (χ0) is 12.4. The molecule has 0 aliphatic heterocycles. The Bertz CT molecular complexity index is 660. The molecule has 1 heterocycles. The quantitative estimate of drug-likeness (QED) is 0.776. The Balaban J connectivity index is 2.41. The summed E-state index contributed by atoms with van der Waals surface area (Å²) in [5.41, 5.74) is 6.19. The van der Waals surface area contributed by atoms with Crippen molar-refractivity contribution in [2.75, 3.05) is 5.73 Å². The van der Waals surface area contributed by atoms with E-state index in [1.165, 1.54) is 16.8 Å². The number of halogens is 1. The standard InChI is InChI=1S/C11H10ClN3O2/c12-9-5-8(13)2-1-7(9)6-15-11(17)4-3-10(16)14-15/h1-5H,6,13H2,(H,14,16). The third kappa shape index (κ3) is 2.57. The molecule has 5 nitrogen and oxygen atoms in total. The molecule has 6 heteroatoms. The molecule has 0 bridgehead atoms. The van der Waals surface area contributed by atoms with Gasteiger partial charge in [-0.3, -0.25) is 14.7 Å². The normalized spacial score (nSPS) is 10.4. The molecule has 1 aromatic carbocycles. The largest absolute Gasteiger partial charge is 0.399 e. The van der Waals surface area contributed by atoms with Crippen molar-refractivity contribution in [2.45, 2.75) is 6.54 Å². The molecule has 88 valence electrons. The minimum Gasteiger partial charge on any atom is -0.399 e. The minimum absolute atomic E-state index is 0.202. The van der Waals surface area contributed by atoms with Crippen LogP contribution in [0.2, 0.25) is 5.02 Å². The number of nitrogen functional groups attached to an aromatic ring is 1. The van der Waals surface area contributed by atoms with Gasteiger partial charge in [-0.05, 0) is 17.7 Å². The van der Waals surface area contributed by atoms with Gasteiger partial charge in [-0.15, -0.1) is 0 Å². The van der Waals surface area contributed by atoms with Gasteiger partial charge in [0.15, 0.2) is 0 Å². The molecule has 0 fully saturated rings. The van der Waals surface area contributed by atoms with Crippen LogP contribution in [0.4, 0.5) is 5.69 Å². The number of hydrogen-bond donors (Lipinski definition) is 2. The van der Waals surface area contributed by atoms with E-state index in [1.807, 2.05) is 0 Å². The average molecular weight is 252 g/mol. The van der Waals surface area contributed by atoms with Crippen molar-refractivity contribution in [3.63, 3.8) is 0 Å². The minimum atomic E-state index is -0.337. The fraction of sp³-hybridized carbons (Fsp3) is 0.0909. The maximum atomic E-state index is 11.5. The Labute approximate surface area is 101 Å². The SMILES string of the molecule is Nc1ccc(Cn2[nH]c(=O)ccc2=O)c(Cl)c1. The van der Waals surface area contributed by atoms with Crippen LogP contribution in [-0.4, -0.2) is 9.78 Å². The van der Waals surface area contributed by atoms with Crippen molar-refractivity contribution in [1.29, 1.82) is 0 Å². The van der Waals surface area contributed by atoms with Gasteiger partial charge in [0, 0.05) is 22.8 Å². The second-order valence-corrected chi connectivity index (χ2v) is 3.99. The lowest BCUT2D eigenvalue weighted by Gasteiger charge is -2.07. The Kier molecular flexibility index (Phi) is 3.01. The molecule has 2 rings (SSSR count). The Hall–Kier alpha value is -2.01. The molecule has 0 saturated heterocycles. The molecule has 2 aromatic rings. The molecule has 0 radical (unpaired) electrons. The summed E-state index contributed by atoms with van der Waals surface area (Å²) in [4.78, 5) is 22.6. The molecule has 1 aromatic heterocycles. The van der Waals surface area contributed by atoms with E-state index >= 15 is 0 Å². The number of nitrogens with zero attached hydrogens (tertiary/aromatic N) is 1. The van der Waals surface area contributed by atoms with Crippen molar-refractivity contribution < 1.29 is 0 Å². The Morgan fingerprint density at radius 2 is 2.00 bits per heavy atom. The number of rotatable bonds is 2. The van der Waals surface area contributed by atoms with Crippen LogP contribution in [-0.2, 0) is 6.54 Å². The van der Waals surface area contributed by atoms with Gasteiger partial charge in [0.2, 0.25) is 0 Å². The van der Waals surface area contributed by atoms with E-state index in [4.69, 9.17) is 17.3 Å². The Morgan fingerprint density at radius 1 is 1.24 bits per heavy atom. The topological polar surface area (TPSA) is 80.9 Å². The van der Waals surface area contributed by atoms with E-state index < -0.39 is 0 Å². The third-order valence-corrected chi connectivity index (χ3v) is 2.65. The lowest BCUT2D eigenvalue weighted by molar-refractivity contribution is 0.627. The van der Waals surface area contributed by atoms with Gasteiger partial charge in [0.1, 0.15) is 0 Å². The highest BCUT2D eigenvalue weighted by atomic mass is 35.5. The molecule has 0 unspecified atom stereocenters. The van der Waals surface area contributed by atoms with Crippen molar-refractivity contribution in [3.8, 4) is 0 Å². The maximum Gasteiger partial charge on any atom is 0.265 e. The van der Waals surface area contributed by atoms with E-state index in [1.54, 1.807) is 18.2 Å². The second-order valence-electron chi connectivity index (χ2n) is 3.58. The van der Waals surface area contributed by atoms with Crippen molar-refractivity contribution >= 4 is 17.3 Å². The van der Waals surface area contributed by atoms with Gasteiger partial charge in [-0.2, -0.15) is 0 Å². The summed E-state index contributed by atoms with van der Waals surface area (Å²) in [7, 11) is 0. The first-order chi connectivity index (χ1) is 8.06. The van der Waals surface area contributed by atoms with Crippen LogP contribution in [0.3, 0.4) is 0 Å². The molecular weight excluding hydrogens is 242 g/mol. The number of benzene rings is 1. The summed E-state index contributed by atoms with van der Waals surface area (Å²) >= 11 is 5.98. The molecule has 0 amide bonds. The lowest BCUT2D eigenvalue weighted by Crippen LogP contribution is -2.28. The Morgan fingerprint density at radius 3 is 2.71 bits per heavy atom. The third-order valence-electron chi connectivity index (χ3n) is 2.29. The summed E-state index contributed by atoms with van der Waals surface area (Å²) in [6.07, 6.45) is 0. The first-order valence-electron chi connectivity index (χ1n) is 4.90. The van der Waals surface area contributed by atoms with Gasteiger partial charge >= 0.3 is 0 Å². The van der Waals surface area contributed by atoms with Crippen molar-refractivity contribution in [1.82, 2.24) is 9.78 Å². The van der Waals surface area contributed by atoms with Gasteiger partial charge in [-0.25, -0.2) is 4.68 Å². The van der Waals surface area contributed by atoms with Gasteiger partial charge in [-0.1, -0.05) is 17.7 Å². The zero-order valence-electron chi connectivity index (χ0n) is 8.81. The van der Waals surface area contributed by atoms with E-state index in [2.05, 4.69) is 5.10 Å². The van der Waals surface area contributed by atoms with Crippen molar-refractivity contribution in [2.24, 2.45) is 0 Å². The smallest absolute Gasteiger partial charge is 0.265 e. The molecule has 3 N–H and O–H groups in total. The second kappa shape index (κ2) is 4.47. The molecule has 0 spiro atoms. The van der Waals surface area contributed by atoms with Crippen LogP contribution < -0.4 is 16.9 Å². The summed E-state index contributed by atoms with van der Waals surface area (Å²) in [5.74, 6) is 0. The van der Waals surface area contributed by atoms with E-state index in [0.717, 1.165) is 0 Å². The predicted molar refractivity (Wildman–Crippen MR) is 66.3 cm³/mol. The van der Waals surface area contributed by atoms with Crippen molar-refractivity contribution in [3.05, 3.63) is 61.6 Å². The van der Waals surface area contributed by atoms with E-state index in [0.29, 0.717) is 16.3 Å². The highest BCUT2D eigenvalue weighted by Gasteiger charge is 2.03. The summed E-state index contributed by atoms with van der Waals surface area (Å²) in [6.45, 7) is 0.202. The molecule has 17 heavy (non-hydrogen) atoms. The number of aromatic nitrogens is 2. The number of anilines is 1. The van der Waals surface area contributed by atoms with Crippen LogP contribution in [0.15, 0.2) is 39.9 Å². The molecule has 0 atom stereocenters.